The average Bonchev–Trinajstić information content (AvgIpc) is 2.08. The van der Waals surface area contributed by atoms with Gasteiger partial charge in [-0.05, 0) is 12.8 Å². The molecule has 1 nitrogen and oxygen atoms in total. The van der Waals surface area contributed by atoms with E-state index in [2.05, 4.69) is 33.0 Å². The van der Waals surface area contributed by atoms with Crippen LogP contribution in [0.4, 0.5) is 0 Å². The molecule has 10 heavy (non-hydrogen) atoms. The van der Waals surface area contributed by atoms with E-state index in [1.807, 2.05) is 12.2 Å². The van der Waals surface area contributed by atoms with E-state index in [1.54, 1.807) is 0 Å². The predicted octanol–water partition coefficient (Wildman–Crippen LogP) is 2.90. The summed E-state index contributed by atoms with van der Waals surface area (Å²) in [7, 11) is 0. The fourth-order valence-electron chi connectivity index (χ4n) is 0.236. The molecule has 0 aromatic carbocycles. The van der Waals surface area contributed by atoms with Crippen molar-refractivity contribution in [1.82, 2.24) is 0 Å². The Kier molecular flexibility index (Phi) is 70.3. The molecule has 0 saturated carbocycles. The van der Waals surface area contributed by atoms with Gasteiger partial charge < -0.3 is 0 Å². The molecule has 56 valence electrons. The van der Waals surface area contributed by atoms with Gasteiger partial charge in [-0.2, -0.15) is 0 Å². The molecule has 1 heteroatoms. The van der Waals surface area contributed by atoms with Crippen LogP contribution >= 0.6 is 0 Å². The SMILES string of the molecule is C=C.C=CCCC=C.[C-]#[O+]. The summed E-state index contributed by atoms with van der Waals surface area (Å²) < 4.78 is 7.50. The zero-order valence-electron chi connectivity index (χ0n) is 6.31. The van der Waals surface area contributed by atoms with E-state index in [0.717, 1.165) is 12.8 Å². The van der Waals surface area contributed by atoms with Gasteiger partial charge in [0.2, 0.25) is 0 Å². The van der Waals surface area contributed by atoms with E-state index >= 15 is 0 Å². The molecule has 0 aromatic heterocycles. The molecular formula is C9H14O. The van der Waals surface area contributed by atoms with Crippen LogP contribution < -0.4 is 0 Å². The summed E-state index contributed by atoms with van der Waals surface area (Å²) in [5.74, 6) is 0. The second-order valence-electron chi connectivity index (χ2n) is 1.15. The van der Waals surface area contributed by atoms with E-state index < -0.39 is 0 Å². The molecule has 0 N–H and O–H groups in total. The topological polar surface area (TPSA) is 19.9 Å². The van der Waals surface area contributed by atoms with Crippen LogP contribution in [-0.4, -0.2) is 0 Å². The van der Waals surface area contributed by atoms with Crippen molar-refractivity contribution in [3.8, 4) is 0 Å². The maximum absolute atomic E-state index is 7.50. The van der Waals surface area contributed by atoms with Crippen molar-refractivity contribution in [2.24, 2.45) is 0 Å². The molecule has 0 heterocycles. The summed E-state index contributed by atoms with van der Waals surface area (Å²) in [5.41, 5.74) is 0. The van der Waals surface area contributed by atoms with E-state index in [-0.39, 0.29) is 0 Å². The van der Waals surface area contributed by atoms with Gasteiger partial charge in [0.05, 0.1) is 0 Å². The Hall–Kier alpha value is -1.04. The quantitative estimate of drug-likeness (QED) is 0.247. The molecule has 0 aromatic rings. The van der Waals surface area contributed by atoms with Crippen molar-refractivity contribution in [2.75, 3.05) is 0 Å². The van der Waals surface area contributed by atoms with Crippen molar-refractivity contribution < 1.29 is 4.65 Å². The summed E-state index contributed by atoms with van der Waals surface area (Å²) in [6.07, 6.45) is 5.90. The number of allylic oxidation sites excluding steroid dienone is 2. The molecule has 0 saturated heterocycles. The van der Waals surface area contributed by atoms with Gasteiger partial charge in [0.25, 0.3) is 0 Å². The van der Waals surface area contributed by atoms with Crippen molar-refractivity contribution >= 4 is 0 Å². The Morgan fingerprint density at radius 2 is 1.20 bits per heavy atom. The minimum absolute atomic E-state index is 1.06. The van der Waals surface area contributed by atoms with E-state index in [9.17, 15) is 0 Å². The summed E-state index contributed by atoms with van der Waals surface area (Å²) in [5, 5.41) is 0. The fraction of sp³-hybridized carbons (Fsp3) is 0.222. The van der Waals surface area contributed by atoms with Crippen LogP contribution in [0.3, 0.4) is 0 Å². The number of unbranched alkanes of at least 4 members (excludes halogenated alkanes) is 1. The first-order chi connectivity index (χ1) is 4.91. The van der Waals surface area contributed by atoms with Gasteiger partial charge in [-0.25, -0.2) is 0 Å². The third-order valence-corrected chi connectivity index (χ3v) is 0.575. The van der Waals surface area contributed by atoms with Crippen LogP contribution in [0.15, 0.2) is 38.5 Å². The Balaban J connectivity index is -0.000000105. The Morgan fingerprint density at radius 3 is 1.30 bits per heavy atom. The molecule has 0 aliphatic carbocycles. The van der Waals surface area contributed by atoms with Gasteiger partial charge in [-0.1, -0.05) is 12.2 Å². The Morgan fingerprint density at radius 1 is 1.00 bits per heavy atom. The first kappa shape index (κ1) is 16.0. The average molecular weight is 138 g/mol. The molecule has 0 bridgehead atoms. The van der Waals surface area contributed by atoms with Gasteiger partial charge in [-0.3, -0.25) is 0 Å². The van der Waals surface area contributed by atoms with Gasteiger partial charge in [0.15, 0.2) is 0 Å². The van der Waals surface area contributed by atoms with E-state index in [4.69, 9.17) is 4.65 Å². The van der Waals surface area contributed by atoms with Gasteiger partial charge >= 0.3 is 11.3 Å². The van der Waals surface area contributed by atoms with Crippen LogP contribution in [0.25, 0.3) is 0 Å². The zero-order chi connectivity index (χ0) is 8.83. The molecule has 0 rings (SSSR count). The number of rotatable bonds is 3. The van der Waals surface area contributed by atoms with Crippen molar-refractivity contribution in [2.45, 2.75) is 12.8 Å². The van der Waals surface area contributed by atoms with Gasteiger partial charge in [0.1, 0.15) is 0 Å². The molecule has 0 atom stereocenters. The zero-order valence-corrected chi connectivity index (χ0v) is 6.31. The summed E-state index contributed by atoms with van der Waals surface area (Å²) in [4.78, 5) is 0. The Labute approximate surface area is 63.5 Å². The van der Waals surface area contributed by atoms with E-state index in [0.29, 0.717) is 0 Å². The van der Waals surface area contributed by atoms with Crippen LogP contribution in [0.5, 0.6) is 0 Å². The summed E-state index contributed by atoms with van der Waals surface area (Å²) in [6.45, 7) is 17.6. The molecule has 0 aliphatic heterocycles. The van der Waals surface area contributed by atoms with Gasteiger partial charge in [-0.15, -0.1) is 26.3 Å². The standard InChI is InChI=1S/C6H10.C2H4.CO/c1-3-5-6-4-2;2*1-2/h3-4H,1-2,5-6H2;1-2H2;. The third-order valence-electron chi connectivity index (χ3n) is 0.575. The van der Waals surface area contributed by atoms with Crippen LogP contribution in [0.1, 0.15) is 12.8 Å². The van der Waals surface area contributed by atoms with Crippen molar-refractivity contribution in [3.63, 3.8) is 0 Å². The summed E-state index contributed by atoms with van der Waals surface area (Å²) in [6, 6.07) is 0. The molecule has 0 aliphatic rings. The second kappa shape index (κ2) is 44.0. The van der Waals surface area contributed by atoms with E-state index in [1.165, 1.54) is 0 Å². The normalized spacial score (nSPS) is 5.00. The second-order valence-corrected chi connectivity index (χ2v) is 1.15. The molecular weight excluding hydrogens is 124 g/mol. The molecule has 0 radical (unpaired) electrons. The molecule has 0 amide bonds. The maximum atomic E-state index is 7.50. The van der Waals surface area contributed by atoms with Crippen molar-refractivity contribution in [3.05, 3.63) is 45.1 Å². The summed E-state index contributed by atoms with van der Waals surface area (Å²) >= 11 is 0. The minimum atomic E-state index is 1.06. The fourth-order valence-corrected chi connectivity index (χ4v) is 0.236. The van der Waals surface area contributed by atoms with Gasteiger partial charge in [0, 0.05) is 0 Å². The Bertz CT molecular complexity index is 74.0. The third kappa shape index (κ3) is 64.4. The molecule has 0 unspecified atom stereocenters. The van der Waals surface area contributed by atoms with Crippen LogP contribution in [0.2, 0.25) is 0 Å². The first-order valence-electron chi connectivity index (χ1n) is 2.84. The monoisotopic (exact) mass is 138 g/mol. The molecule has 0 spiro atoms. The molecule has 0 fully saturated rings. The number of hydrogen-bond acceptors (Lipinski definition) is 0. The first-order valence-corrected chi connectivity index (χ1v) is 2.84. The van der Waals surface area contributed by atoms with Crippen molar-refractivity contribution in [1.29, 1.82) is 0 Å². The number of hydrogen-bond donors (Lipinski definition) is 0. The van der Waals surface area contributed by atoms with Crippen LogP contribution in [0, 0.1) is 6.65 Å². The van der Waals surface area contributed by atoms with Crippen LogP contribution in [-0.2, 0) is 4.65 Å². The predicted molar refractivity (Wildman–Crippen MR) is 44.8 cm³/mol.